The Morgan fingerprint density at radius 3 is 2.68 bits per heavy atom. The number of ether oxygens (including phenoxy) is 1. The molecule has 1 aliphatic heterocycles. The lowest BCUT2D eigenvalue weighted by Gasteiger charge is -2.44. The Morgan fingerprint density at radius 2 is 1.95 bits per heavy atom. The molecule has 0 saturated heterocycles. The SMILES string of the molecule is C[C@H]1[C@H](/C=C/C(=O)[C@@H]2CC[C@H]2CN2CC3(CCCc4cc(Cl)ccc43)COc3ccc(C(=O)O)cc32)CCC[C@H]1S(N)(=O)=O. The Kier molecular flexibility index (Phi) is 8.58. The number of fused-ring (bicyclic) bond motifs is 3. The van der Waals surface area contributed by atoms with Gasteiger partial charge in [0, 0.05) is 29.4 Å². The van der Waals surface area contributed by atoms with Crippen molar-refractivity contribution in [3.05, 3.63) is 70.3 Å². The summed E-state index contributed by atoms with van der Waals surface area (Å²) in [6.07, 6.45) is 10.4. The fourth-order valence-electron chi connectivity index (χ4n) is 8.13. The van der Waals surface area contributed by atoms with Crippen LogP contribution in [0.1, 0.15) is 73.4 Å². The van der Waals surface area contributed by atoms with Crippen LogP contribution in [0.5, 0.6) is 5.75 Å². The van der Waals surface area contributed by atoms with Crippen molar-refractivity contribution in [2.75, 3.05) is 24.6 Å². The minimum atomic E-state index is -3.63. The zero-order valence-corrected chi connectivity index (χ0v) is 26.7. The molecule has 2 aromatic rings. The van der Waals surface area contributed by atoms with Gasteiger partial charge in [0.05, 0.1) is 23.1 Å². The Balaban J connectivity index is 1.25. The summed E-state index contributed by atoms with van der Waals surface area (Å²) in [4.78, 5) is 27.7. The van der Waals surface area contributed by atoms with Gasteiger partial charge in [0.1, 0.15) is 5.75 Å². The minimum Gasteiger partial charge on any atom is -0.490 e. The lowest BCUT2D eigenvalue weighted by atomic mass is 9.68. The predicted molar refractivity (Wildman–Crippen MR) is 171 cm³/mol. The lowest BCUT2D eigenvalue weighted by Crippen LogP contribution is -2.49. The van der Waals surface area contributed by atoms with Crippen molar-refractivity contribution in [1.29, 1.82) is 0 Å². The van der Waals surface area contributed by atoms with E-state index < -0.39 is 21.2 Å². The summed E-state index contributed by atoms with van der Waals surface area (Å²) < 4.78 is 30.6. The number of hydrogen-bond donors (Lipinski definition) is 2. The highest BCUT2D eigenvalue weighted by Crippen LogP contribution is 2.46. The minimum absolute atomic E-state index is 0.00152. The molecule has 1 spiro atoms. The third-order valence-electron chi connectivity index (χ3n) is 10.7. The van der Waals surface area contributed by atoms with Gasteiger partial charge in [0.25, 0.3) is 0 Å². The summed E-state index contributed by atoms with van der Waals surface area (Å²) in [5.74, 6) is -0.428. The van der Waals surface area contributed by atoms with Crippen LogP contribution in [0.3, 0.4) is 0 Å². The fraction of sp³-hybridized carbons (Fsp3) is 0.529. The maximum atomic E-state index is 13.5. The highest BCUT2D eigenvalue weighted by Gasteiger charge is 2.44. The predicted octanol–water partition coefficient (Wildman–Crippen LogP) is 5.76. The molecule has 2 aromatic carbocycles. The first-order chi connectivity index (χ1) is 20.9. The van der Waals surface area contributed by atoms with Gasteiger partial charge >= 0.3 is 5.97 Å². The van der Waals surface area contributed by atoms with E-state index in [1.807, 2.05) is 25.1 Å². The molecule has 2 saturated carbocycles. The van der Waals surface area contributed by atoms with Gasteiger partial charge in [-0.05, 0) is 110 Å². The molecule has 0 bridgehead atoms. The monoisotopic (exact) mass is 640 g/mol. The van der Waals surface area contributed by atoms with E-state index in [1.54, 1.807) is 24.3 Å². The number of hydrogen-bond acceptors (Lipinski definition) is 6. The fourth-order valence-corrected chi connectivity index (χ4v) is 9.62. The number of carboxylic acid groups (broad SMARTS) is 1. The molecule has 6 rings (SSSR count). The zero-order chi connectivity index (χ0) is 31.2. The van der Waals surface area contributed by atoms with Gasteiger partial charge in [-0.1, -0.05) is 37.1 Å². The van der Waals surface area contributed by atoms with Crippen LogP contribution < -0.4 is 14.8 Å². The summed E-state index contributed by atoms with van der Waals surface area (Å²) in [6.45, 7) is 3.66. The second-order valence-electron chi connectivity index (χ2n) is 13.4. The molecule has 2 fully saturated rings. The van der Waals surface area contributed by atoms with Gasteiger partial charge in [-0.3, -0.25) is 4.79 Å². The van der Waals surface area contributed by atoms with E-state index in [0.717, 1.165) is 50.6 Å². The molecule has 3 N–H and O–H groups in total. The molecule has 3 aliphatic carbocycles. The Hall–Kier alpha value is -2.88. The number of primary sulfonamides is 1. The number of anilines is 1. The largest absolute Gasteiger partial charge is 0.490 e. The summed E-state index contributed by atoms with van der Waals surface area (Å²) >= 11 is 6.37. The van der Waals surface area contributed by atoms with Crippen molar-refractivity contribution in [3.63, 3.8) is 0 Å². The summed E-state index contributed by atoms with van der Waals surface area (Å²) in [7, 11) is -3.63. The summed E-state index contributed by atoms with van der Waals surface area (Å²) in [5.41, 5.74) is 3.12. The number of carboxylic acids is 1. The number of sulfonamides is 1. The molecule has 236 valence electrons. The van der Waals surface area contributed by atoms with Crippen molar-refractivity contribution >= 4 is 39.1 Å². The number of halogens is 1. The highest BCUT2D eigenvalue weighted by atomic mass is 35.5. The van der Waals surface area contributed by atoms with Crippen LogP contribution in [0.4, 0.5) is 5.69 Å². The number of aryl methyl sites for hydroxylation is 1. The maximum Gasteiger partial charge on any atom is 0.335 e. The molecule has 8 nitrogen and oxygen atoms in total. The van der Waals surface area contributed by atoms with Gasteiger partial charge in [0.2, 0.25) is 10.0 Å². The zero-order valence-electron chi connectivity index (χ0n) is 25.1. The first-order valence-electron chi connectivity index (χ1n) is 15.7. The van der Waals surface area contributed by atoms with E-state index in [9.17, 15) is 23.1 Å². The van der Waals surface area contributed by atoms with Crippen LogP contribution in [-0.4, -0.2) is 50.2 Å². The van der Waals surface area contributed by atoms with Gasteiger partial charge in [-0.15, -0.1) is 0 Å². The lowest BCUT2D eigenvalue weighted by molar-refractivity contribution is -0.122. The number of carbonyl (C=O) groups is 2. The molecule has 0 amide bonds. The second kappa shape index (κ2) is 12.1. The molecule has 1 unspecified atom stereocenters. The van der Waals surface area contributed by atoms with Gasteiger partial charge in [-0.25, -0.2) is 18.4 Å². The number of nitrogens with zero attached hydrogens (tertiary/aromatic N) is 1. The van der Waals surface area contributed by atoms with Crippen molar-refractivity contribution in [3.8, 4) is 5.75 Å². The van der Waals surface area contributed by atoms with Crippen molar-refractivity contribution < 1.29 is 27.9 Å². The third kappa shape index (κ3) is 6.03. The van der Waals surface area contributed by atoms with Gasteiger partial charge < -0.3 is 14.7 Å². The quantitative estimate of drug-likeness (QED) is 0.369. The first kappa shape index (κ1) is 31.1. The number of ketones is 1. The van der Waals surface area contributed by atoms with Crippen LogP contribution in [0.15, 0.2) is 48.6 Å². The van der Waals surface area contributed by atoms with Crippen LogP contribution in [-0.2, 0) is 26.7 Å². The smallest absolute Gasteiger partial charge is 0.335 e. The summed E-state index contributed by atoms with van der Waals surface area (Å²) in [6, 6.07) is 11.1. The molecule has 0 radical (unpaired) electrons. The number of nitrogens with two attached hydrogens (primary N) is 1. The Bertz CT molecular complexity index is 1590. The normalized spacial score (nSPS) is 30.2. The average molecular weight is 641 g/mol. The molecular weight excluding hydrogens is 600 g/mol. The molecular formula is C34H41ClN2O6S. The Morgan fingerprint density at radius 1 is 1.14 bits per heavy atom. The van der Waals surface area contributed by atoms with E-state index >= 15 is 0 Å². The topological polar surface area (TPSA) is 127 Å². The highest BCUT2D eigenvalue weighted by molar-refractivity contribution is 7.89. The van der Waals surface area contributed by atoms with E-state index in [0.29, 0.717) is 36.9 Å². The molecule has 0 aromatic heterocycles. The summed E-state index contributed by atoms with van der Waals surface area (Å²) in [5, 5.41) is 15.4. The molecule has 4 aliphatic rings. The third-order valence-corrected chi connectivity index (χ3v) is 12.5. The van der Waals surface area contributed by atoms with Crippen molar-refractivity contribution in [2.24, 2.45) is 28.8 Å². The standard InChI is InChI=1S/C34H41ClN2O6S/c1-21-22(4-2-6-32(21)44(36,41)42)8-13-30(38)27-11-7-25(27)18-37-19-34(15-3-5-23-16-26(35)10-12-28(23)34)20-43-31-14-9-24(33(39)40)17-29(31)37/h8-10,12-14,16-17,21-22,25,27,32H,2-7,11,15,18-20H2,1H3,(H,39,40)(H2,36,41,42)/b13-8+/t21-,22-,25-,27+,32+,34?/m0/s1. The molecule has 44 heavy (non-hydrogen) atoms. The Labute approximate surface area is 264 Å². The number of rotatable bonds is 7. The van der Waals surface area contributed by atoms with Gasteiger partial charge in [0.15, 0.2) is 5.78 Å². The second-order valence-corrected chi connectivity index (χ2v) is 15.6. The van der Waals surface area contributed by atoms with Crippen LogP contribution in [0, 0.1) is 23.7 Å². The molecule has 6 atom stereocenters. The van der Waals surface area contributed by atoms with Crippen LogP contribution in [0.25, 0.3) is 0 Å². The number of aromatic carboxylic acids is 1. The average Bonchev–Trinajstić information content (AvgIpc) is 3.11. The number of carbonyl (C=O) groups excluding carboxylic acids is 1. The van der Waals surface area contributed by atoms with Crippen molar-refractivity contribution in [2.45, 2.75) is 69.0 Å². The van der Waals surface area contributed by atoms with Crippen LogP contribution >= 0.6 is 11.6 Å². The number of benzene rings is 2. The van der Waals surface area contributed by atoms with Crippen molar-refractivity contribution in [1.82, 2.24) is 0 Å². The number of allylic oxidation sites excluding steroid dienone is 2. The van der Waals surface area contributed by atoms with E-state index in [1.165, 1.54) is 11.1 Å². The molecule has 10 heteroatoms. The van der Waals surface area contributed by atoms with E-state index in [-0.39, 0.29) is 40.4 Å². The maximum absolute atomic E-state index is 13.5. The van der Waals surface area contributed by atoms with E-state index in [2.05, 4.69) is 11.0 Å². The first-order valence-corrected chi connectivity index (χ1v) is 17.7. The van der Waals surface area contributed by atoms with E-state index in [4.69, 9.17) is 21.5 Å². The van der Waals surface area contributed by atoms with Gasteiger partial charge in [-0.2, -0.15) is 0 Å². The molecule has 1 heterocycles. The van der Waals surface area contributed by atoms with Crippen LogP contribution in [0.2, 0.25) is 5.02 Å².